The highest BCUT2D eigenvalue weighted by molar-refractivity contribution is 4.92. The van der Waals surface area contributed by atoms with Gasteiger partial charge in [0.2, 0.25) is 0 Å². The minimum absolute atomic E-state index is 0.578. The van der Waals surface area contributed by atoms with Gasteiger partial charge in [-0.15, -0.1) is 0 Å². The van der Waals surface area contributed by atoms with Crippen molar-refractivity contribution >= 4 is 0 Å². The van der Waals surface area contributed by atoms with Crippen molar-refractivity contribution in [2.75, 3.05) is 45.9 Å². The van der Waals surface area contributed by atoms with E-state index in [2.05, 4.69) is 22.5 Å². The van der Waals surface area contributed by atoms with Crippen molar-refractivity contribution in [3.8, 4) is 0 Å². The molecule has 0 amide bonds. The number of hydrogen-bond donors (Lipinski definition) is 2. The second-order valence-corrected chi connectivity index (χ2v) is 7.32. The normalized spacial score (nSPS) is 36.1. The molecule has 122 valence electrons. The van der Waals surface area contributed by atoms with E-state index in [9.17, 15) is 0 Å². The summed E-state index contributed by atoms with van der Waals surface area (Å²) in [7, 11) is 0. The maximum atomic E-state index is 5.65. The monoisotopic (exact) mass is 295 g/mol. The molecule has 0 bridgehead atoms. The fourth-order valence-corrected chi connectivity index (χ4v) is 4.28. The second-order valence-electron chi connectivity index (χ2n) is 7.32. The van der Waals surface area contributed by atoms with E-state index in [4.69, 9.17) is 4.74 Å². The number of nitrogens with one attached hydrogen (secondary N) is 2. The number of hydrogen-bond acceptors (Lipinski definition) is 4. The van der Waals surface area contributed by atoms with Crippen LogP contribution in [-0.4, -0.2) is 62.9 Å². The van der Waals surface area contributed by atoms with Gasteiger partial charge >= 0.3 is 0 Å². The third kappa shape index (κ3) is 4.41. The molecule has 1 aliphatic carbocycles. The van der Waals surface area contributed by atoms with Gasteiger partial charge in [-0.05, 0) is 50.6 Å². The average molecular weight is 295 g/mol. The van der Waals surface area contributed by atoms with E-state index in [1.807, 2.05) is 0 Å². The third-order valence-electron chi connectivity index (χ3n) is 5.75. The van der Waals surface area contributed by atoms with Gasteiger partial charge in [0, 0.05) is 31.7 Å². The Labute approximate surface area is 130 Å². The standard InChI is InChI=1S/C17H33N3O/c1-14-5-9-20(10-6-14)11-7-18-16-4-2-3-15(16)17-13-21-12-8-19-17/h14-19H,2-13H2,1H3. The highest BCUT2D eigenvalue weighted by Crippen LogP contribution is 2.29. The Kier molecular flexibility index (Phi) is 5.92. The van der Waals surface area contributed by atoms with Gasteiger partial charge in [-0.25, -0.2) is 0 Å². The van der Waals surface area contributed by atoms with Crippen molar-refractivity contribution in [2.24, 2.45) is 11.8 Å². The van der Waals surface area contributed by atoms with Crippen molar-refractivity contribution in [3.05, 3.63) is 0 Å². The molecular weight excluding hydrogens is 262 g/mol. The zero-order chi connectivity index (χ0) is 14.5. The smallest absolute Gasteiger partial charge is 0.0623 e. The fraction of sp³-hybridized carbons (Fsp3) is 1.00. The van der Waals surface area contributed by atoms with Crippen molar-refractivity contribution in [3.63, 3.8) is 0 Å². The minimum Gasteiger partial charge on any atom is -0.379 e. The molecule has 0 spiro atoms. The van der Waals surface area contributed by atoms with Crippen LogP contribution in [0.1, 0.15) is 39.0 Å². The molecule has 3 unspecified atom stereocenters. The van der Waals surface area contributed by atoms with Crippen molar-refractivity contribution < 1.29 is 4.74 Å². The molecule has 0 aromatic heterocycles. The molecule has 0 aromatic carbocycles. The zero-order valence-corrected chi connectivity index (χ0v) is 13.7. The van der Waals surface area contributed by atoms with E-state index in [0.29, 0.717) is 12.1 Å². The lowest BCUT2D eigenvalue weighted by Crippen LogP contribution is -2.51. The fourth-order valence-electron chi connectivity index (χ4n) is 4.28. The molecular formula is C17H33N3O. The van der Waals surface area contributed by atoms with Gasteiger partial charge in [0.1, 0.15) is 0 Å². The molecule has 3 aliphatic rings. The number of piperidine rings is 1. The van der Waals surface area contributed by atoms with E-state index >= 15 is 0 Å². The van der Waals surface area contributed by atoms with Crippen LogP contribution in [0.5, 0.6) is 0 Å². The Morgan fingerprint density at radius 1 is 1.19 bits per heavy atom. The van der Waals surface area contributed by atoms with Crippen LogP contribution in [0.15, 0.2) is 0 Å². The SMILES string of the molecule is CC1CCN(CCNC2CCCC2C2COCCN2)CC1. The number of likely N-dealkylation sites (tertiary alicyclic amines) is 1. The first-order valence-corrected chi connectivity index (χ1v) is 9.10. The molecule has 2 saturated heterocycles. The van der Waals surface area contributed by atoms with Crippen molar-refractivity contribution in [1.29, 1.82) is 0 Å². The predicted octanol–water partition coefficient (Wildman–Crippen LogP) is 1.47. The second kappa shape index (κ2) is 7.91. The van der Waals surface area contributed by atoms with E-state index in [1.165, 1.54) is 51.7 Å². The first-order valence-electron chi connectivity index (χ1n) is 9.10. The number of nitrogens with zero attached hydrogens (tertiary/aromatic N) is 1. The molecule has 2 N–H and O–H groups in total. The van der Waals surface area contributed by atoms with Gasteiger partial charge < -0.3 is 20.3 Å². The summed E-state index contributed by atoms with van der Waals surface area (Å²) in [5.41, 5.74) is 0. The highest BCUT2D eigenvalue weighted by Gasteiger charge is 2.34. The Hall–Kier alpha value is -0.160. The summed E-state index contributed by atoms with van der Waals surface area (Å²) >= 11 is 0. The van der Waals surface area contributed by atoms with Crippen molar-refractivity contribution in [2.45, 2.75) is 51.1 Å². The Balaban J connectivity index is 1.37. The molecule has 2 aliphatic heterocycles. The van der Waals surface area contributed by atoms with Gasteiger partial charge in [0.05, 0.1) is 13.2 Å². The van der Waals surface area contributed by atoms with Crippen LogP contribution in [0.3, 0.4) is 0 Å². The Morgan fingerprint density at radius 2 is 2.05 bits per heavy atom. The minimum atomic E-state index is 0.578. The maximum absolute atomic E-state index is 5.65. The van der Waals surface area contributed by atoms with E-state index < -0.39 is 0 Å². The van der Waals surface area contributed by atoms with Crippen LogP contribution in [0.25, 0.3) is 0 Å². The van der Waals surface area contributed by atoms with E-state index in [-0.39, 0.29) is 0 Å². The van der Waals surface area contributed by atoms with Crippen LogP contribution < -0.4 is 10.6 Å². The van der Waals surface area contributed by atoms with Crippen LogP contribution >= 0.6 is 0 Å². The lowest BCUT2D eigenvalue weighted by molar-refractivity contribution is 0.0522. The van der Waals surface area contributed by atoms with Gasteiger partial charge in [0.15, 0.2) is 0 Å². The van der Waals surface area contributed by atoms with Crippen LogP contribution in [0.4, 0.5) is 0 Å². The summed E-state index contributed by atoms with van der Waals surface area (Å²) < 4.78 is 5.65. The number of rotatable bonds is 5. The third-order valence-corrected chi connectivity index (χ3v) is 5.75. The molecule has 2 heterocycles. The van der Waals surface area contributed by atoms with Crippen molar-refractivity contribution in [1.82, 2.24) is 15.5 Å². The zero-order valence-electron chi connectivity index (χ0n) is 13.7. The average Bonchev–Trinajstić information content (AvgIpc) is 2.99. The lowest BCUT2D eigenvalue weighted by atomic mass is 9.94. The summed E-state index contributed by atoms with van der Waals surface area (Å²) in [4.78, 5) is 2.64. The topological polar surface area (TPSA) is 36.5 Å². The molecule has 0 radical (unpaired) electrons. The Bertz CT molecular complexity index is 298. The summed E-state index contributed by atoms with van der Waals surface area (Å²) in [5.74, 6) is 1.71. The molecule has 3 atom stereocenters. The van der Waals surface area contributed by atoms with Gasteiger partial charge in [-0.2, -0.15) is 0 Å². The highest BCUT2D eigenvalue weighted by atomic mass is 16.5. The molecule has 3 fully saturated rings. The summed E-state index contributed by atoms with van der Waals surface area (Å²) in [5, 5.41) is 7.51. The molecule has 1 saturated carbocycles. The molecule has 3 rings (SSSR count). The molecule has 4 nitrogen and oxygen atoms in total. The summed E-state index contributed by atoms with van der Waals surface area (Å²) in [6.07, 6.45) is 6.85. The van der Waals surface area contributed by atoms with Crippen LogP contribution in [0, 0.1) is 11.8 Å². The summed E-state index contributed by atoms with van der Waals surface area (Å²) in [6, 6.07) is 1.28. The lowest BCUT2D eigenvalue weighted by Gasteiger charge is -2.34. The number of ether oxygens (including phenoxy) is 1. The number of morpholine rings is 1. The quantitative estimate of drug-likeness (QED) is 0.805. The van der Waals surface area contributed by atoms with E-state index in [0.717, 1.165) is 38.1 Å². The molecule has 21 heavy (non-hydrogen) atoms. The van der Waals surface area contributed by atoms with Crippen LogP contribution in [-0.2, 0) is 4.74 Å². The van der Waals surface area contributed by atoms with Crippen LogP contribution in [0.2, 0.25) is 0 Å². The first-order chi connectivity index (χ1) is 10.3. The molecule has 0 aromatic rings. The van der Waals surface area contributed by atoms with Gasteiger partial charge in [-0.1, -0.05) is 13.3 Å². The van der Waals surface area contributed by atoms with Gasteiger partial charge in [0.25, 0.3) is 0 Å². The largest absolute Gasteiger partial charge is 0.379 e. The maximum Gasteiger partial charge on any atom is 0.0623 e. The first kappa shape index (κ1) is 15.7. The molecule has 4 heteroatoms. The Morgan fingerprint density at radius 3 is 2.81 bits per heavy atom. The van der Waals surface area contributed by atoms with Gasteiger partial charge in [-0.3, -0.25) is 0 Å². The van der Waals surface area contributed by atoms with E-state index in [1.54, 1.807) is 0 Å². The summed E-state index contributed by atoms with van der Waals surface area (Å²) in [6.45, 7) is 10.2. The predicted molar refractivity (Wildman–Crippen MR) is 86.6 cm³/mol.